The number of fused-ring (bicyclic) bond motifs is 1. The molecule has 1 N–H and O–H groups in total. The van der Waals surface area contributed by atoms with Crippen LogP contribution in [0.4, 0.5) is 0 Å². The van der Waals surface area contributed by atoms with Crippen LogP contribution in [0.5, 0.6) is 5.75 Å². The summed E-state index contributed by atoms with van der Waals surface area (Å²) in [6, 6.07) is 13.2. The van der Waals surface area contributed by atoms with Gasteiger partial charge in [-0.3, -0.25) is 4.79 Å². The summed E-state index contributed by atoms with van der Waals surface area (Å²) in [6.07, 6.45) is 1.86. The second kappa shape index (κ2) is 8.27. The third kappa shape index (κ3) is 4.28. The van der Waals surface area contributed by atoms with E-state index in [-0.39, 0.29) is 12.3 Å². The summed E-state index contributed by atoms with van der Waals surface area (Å²) < 4.78 is 10.7. The molecule has 4 rings (SSSR count). The maximum atomic E-state index is 12.4. The van der Waals surface area contributed by atoms with Crippen molar-refractivity contribution < 1.29 is 13.9 Å². The van der Waals surface area contributed by atoms with Crippen molar-refractivity contribution in [2.75, 3.05) is 7.11 Å². The van der Waals surface area contributed by atoms with Gasteiger partial charge < -0.3 is 14.5 Å². The molecular weight excluding hydrogens is 408 g/mol. The molecule has 0 unspecified atom stereocenters. The second-order valence-corrected chi connectivity index (χ2v) is 8.32. The molecule has 0 saturated carbocycles. The Morgan fingerprint density at radius 2 is 2.03 bits per heavy atom. The van der Waals surface area contributed by atoms with E-state index in [1.54, 1.807) is 24.7 Å². The lowest BCUT2D eigenvalue weighted by atomic mass is 10.1. The number of halogens is 1. The van der Waals surface area contributed by atoms with Gasteiger partial charge in [-0.2, -0.15) is 0 Å². The fraction of sp³-hybridized carbons (Fsp3) is 0.182. The minimum absolute atomic E-state index is 0.0792. The second-order valence-electron chi connectivity index (χ2n) is 6.60. The van der Waals surface area contributed by atoms with E-state index < -0.39 is 0 Å². The lowest BCUT2D eigenvalue weighted by Gasteiger charge is -2.03. The van der Waals surface area contributed by atoms with E-state index in [4.69, 9.17) is 20.8 Å². The van der Waals surface area contributed by atoms with Crippen molar-refractivity contribution in [1.82, 2.24) is 10.3 Å². The van der Waals surface area contributed by atoms with E-state index in [9.17, 15) is 4.79 Å². The number of aromatic nitrogens is 1. The molecule has 0 radical (unpaired) electrons. The Kier molecular flexibility index (Phi) is 5.56. The zero-order valence-corrected chi connectivity index (χ0v) is 17.6. The predicted molar refractivity (Wildman–Crippen MR) is 116 cm³/mol. The summed E-state index contributed by atoms with van der Waals surface area (Å²) in [6.45, 7) is 2.42. The van der Waals surface area contributed by atoms with Crippen LogP contribution in [0.15, 0.2) is 53.1 Å². The average molecular weight is 427 g/mol. The fourth-order valence-corrected chi connectivity index (χ4v) is 4.16. The Bertz CT molecular complexity index is 1160. The van der Waals surface area contributed by atoms with Gasteiger partial charge in [-0.05, 0) is 31.2 Å². The smallest absolute Gasteiger partial charge is 0.224 e. The predicted octanol–water partition coefficient (Wildman–Crippen LogP) is 5.39. The molecule has 7 heteroatoms. The molecule has 4 aromatic rings. The van der Waals surface area contributed by atoms with Crippen LogP contribution < -0.4 is 10.1 Å². The van der Waals surface area contributed by atoms with E-state index in [0.717, 1.165) is 37.8 Å². The Hall–Kier alpha value is -2.83. The van der Waals surface area contributed by atoms with Gasteiger partial charge in [0.2, 0.25) is 5.91 Å². The van der Waals surface area contributed by atoms with Gasteiger partial charge in [0.1, 0.15) is 16.3 Å². The van der Waals surface area contributed by atoms with E-state index in [0.29, 0.717) is 17.2 Å². The van der Waals surface area contributed by atoms with Crippen molar-refractivity contribution in [3.8, 4) is 17.0 Å². The number of hydrogen-bond donors (Lipinski definition) is 1. The Balaban J connectivity index is 1.41. The third-order valence-corrected chi connectivity index (χ3v) is 5.83. The van der Waals surface area contributed by atoms with Crippen LogP contribution in [0.2, 0.25) is 5.02 Å². The lowest BCUT2D eigenvalue weighted by Crippen LogP contribution is -2.24. The number of nitrogens with zero attached hydrogens (tertiary/aromatic N) is 1. The summed E-state index contributed by atoms with van der Waals surface area (Å²) in [5.41, 5.74) is 3.49. The molecule has 0 atom stereocenters. The minimum atomic E-state index is -0.0792. The van der Waals surface area contributed by atoms with Crippen molar-refractivity contribution in [2.45, 2.75) is 19.9 Å². The van der Waals surface area contributed by atoms with Gasteiger partial charge in [-0.15, -0.1) is 11.3 Å². The maximum absolute atomic E-state index is 12.4. The molecule has 0 bridgehead atoms. The maximum Gasteiger partial charge on any atom is 0.224 e. The number of thiazole rings is 1. The highest BCUT2D eigenvalue weighted by Gasteiger charge is 2.13. The van der Waals surface area contributed by atoms with Crippen LogP contribution in [-0.2, 0) is 17.8 Å². The van der Waals surface area contributed by atoms with Gasteiger partial charge in [0.15, 0.2) is 0 Å². The fourth-order valence-electron chi connectivity index (χ4n) is 3.14. The number of carbonyl (C=O) groups is 1. The zero-order valence-electron chi connectivity index (χ0n) is 16.0. The number of amides is 1. The lowest BCUT2D eigenvalue weighted by molar-refractivity contribution is -0.120. The van der Waals surface area contributed by atoms with E-state index in [1.165, 1.54) is 0 Å². The van der Waals surface area contributed by atoms with E-state index in [2.05, 4.69) is 10.3 Å². The van der Waals surface area contributed by atoms with Crippen LogP contribution in [-0.4, -0.2) is 18.0 Å². The average Bonchev–Trinajstić information content (AvgIpc) is 3.30. The monoisotopic (exact) mass is 426 g/mol. The molecule has 0 fully saturated rings. The Morgan fingerprint density at radius 3 is 2.79 bits per heavy atom. The first-order chi connectivity index (χ1) is 14.0. The number of nitrogens with one attached hydrogen (secondary N) is 1. The van der Waals surface area contributed by atoms with Crippen LogP contribution in [0.3, 0.4) is 0 Å². The SMILES string of the molecule is COc1ccc2c(CC(=O)NCc3nc(-c4ccc(Cl)cc4)c(C)s3)coc2c1. The van der Waals surface area contributed by atoms with Crippen molar-refractivity contribution >= 4 is 39.8 Å². The molecule has 2 aromatic carbocycles. The first-order valence-corrected chi connectivity index (χ1v) is 10.3. The number of ether oxygens (including phenoxy) is 1. The van der Waals surface area contributed by atoms with Crippen LogP contribution in [0, 0.1) is 6.92 Å². The van der Waals surface area contributed by atoms with Crippen LogP contribution >= 0.6 is 22.9 Å². The van der Waals surface area contributed by atoms with Gasteiger partial charge in [-0.1, -0.05) is 23.7 Å². The summed E-state index contributed by atoms with van der Waals surface area (Å²) in [4.78, 5) is 18.2. The molecule has 0 aliphatic heterocycles. The highest BCUT2D eigenvalue weighted by atomic mass is 35.5. The zero-order chi connectivity index (χ0) is 20.4. The summed E-state index contributed by atoms with van der Waals surface area (Å²) in [7, 11) is 1.61. The van der Waals surface area contributed by atoms with Gasteiger partial charge in [0.25, 0.3) is 0 Å². The number of hydrogen-bond acceptors (Lipinski definition) is 5. The molecule has 2 heterocycles. The minimum Gasteiger partial charge on any atom is -0.497 e. The van der Waals surface area contributed by atoms with Crippen molar-refractivity contribution in [1.29, 1.82) is 0 Å². The largest absolute Gasteiger partial charge is 0.497 e. The number of aryl methyl sites for hydroxylation is 1. The molecule has 0 saturated heterocycles. The van der Waals surface area contributed by atoms with Gasteiger partial charge >= 0.3 is 0 Å². The molecule has 0 aliphatic rings. The molecule has 5 nitrogen and oxygen atoms in total. The first-order valence-electron chi connectivity index (χ1n) is 9.06. The molecular formula is C22H19ClN2O3S. The van der Waals surface area contributed by atoms with Crippen molar-refractivity contribution in [3.05, 3.63) is 69.2 Å². The molecule has 0 aliphatic carbocycles. The number of rotatable bonds is 6. The summed E-state index contributed by atoms with van der Waals surface area (Å²) in [5, 5.41) is 5.42. The third-order valence-electron chi connectivity index (χ3n) is 4.61. The van der Waals surface area contributed by atoms with Gasteiger partial charge in [-0.25, -0.2) is 4.98 Å². The normalized spacial score (nSPS) is 11.0. The van der Waals surface area contributed by atoms with E-state index in [1.807, 2.05) is 49.4 Å². The number of furan rings is 1. The Morgan fingerprint density at radius 1 is 1.24 bits per heavy atom. The van der Waals surface area contributed by atoms with Crippen LogP contribution in [0.25, 0.3) is 22.2 Å². The van der Waals surface area contributed by atoms with Gasteiger partial charge in [0.05, 0.1) is 32.0 Å². The number of methoxy groups -OCH3 is 1. The summed E-state index contributed by atoms with van der Waals surface area (Å²) >= 11 is 7.54. The highest BCUT2D eigenvalue weighted by Crippen LogP contribution is 2.29. The van der Waals surface area contributed by atoms with Crippen molar-refractivity contribution in [2.24, 2.45) is 0 Å². The topological polar surface area (TPSA) is 64.4 Å². The molecule has 0 spiro atoms. The molecule has 2 aromatic heterocycles. The van der Waals surface area contributed by atoms with Gasteiger partial charge in [0, 0.05) is 32.5 Å². The number of carbonyl (C=O) groups excluding carboxylic acids is 1. The van der Waals surface area contributed by atoms with Crippen LogP contribution in [0.1, 0.15) is 15.4 Å². The summed E-state index contributed by atoms with van der Waals surface area (Å²) in [5.74, 6) is 0.642. The Labute approximate surface area is 177 Å². The number of benzene rings is 2. The quantitative estimate of drug-likeness (QED) is 0.449. The standard InChI is InChI=1S/C22H19ClN2O3S/c1-13-22(14-3-5-16(23)6-4-14)25-21(29-13)11-24-20(26)9-15-12-28-19-10-17(27-2)7-8-18(15)19/h3-8,10,12H,9,11H2,1-2H3,(H,24,26). The molecule has 29 heavy (non-hydrogen) atoms. The highest BCUT2D eigenvalue weighted by molar-refractivity contribution is 7.12. The molecule has 1 amide bonds. The van der Waals surface area contributed by atoms with E-state index >= 15 is 0 Å². The molecule has 148 valence electrons. The first kappa shape index (κ1) is 19.5. The van der Waals surface area contributed by atoms with Crippen molar-refractivity contribution in [3.63, 3.8) is 0 Å².